The molecule has 0 unspecified atom stereocenters. The molecule has 0 amide bonds. The van der Waals surface area contributed by atoms with Gasteiger partial charge in [0.05, 0.1) is 19.8 Å². The standard InChI is InChI=1S/C16H16O4/c1-11-7-10-16(20-11)13(17)9-8-12-14(18-2)5-4-6-15(12)19-3/h4-10H,1-3H3/b9-8+. The van der Waals surface area contributed by atoms with Crippen molar-refractivity contribution in [2.45, 2.75) is 6.92 Å². The van der Waals surface area contributed by atoms with E-state index in [1.807, 2.05) is 18.2 Å². The zero-order valence-corrected chi connectivity index (χ0v) is 11.7. The lowest BCUT2D eigenvalue weighted by Crippen LogP contribution is -1.94. The summed E-state index contributed by atoms with van der Waals surface area (Å²) in [6, 6.07) is 8.85. The normalized spacial score (nSPS) is 10.8. The van der Waals surface area contributed by atoms with Gasteiger partial charge in [0, 0.05) is 0 Å². The van der Waals surface area contributed by atoms with Gasteiger partial charge in [-0.3, -0.25) is 4.79 Å². The molecule has 0 aliphatic rings. The molecule has 2 rings (SSSR count). The van der Waals surface area contributed by atoms with E-state index in [2.05, 4.69) is 0 Å². The first-order valence-corrected chi connectivity index (χ1v) is 6.15. The van der Waals surface area contributed by atoms with E-state index in [4.69, 9.17) is 13.9 Å². The van der Waals surface area contributed by atoms with Crippen molar-refractivity contribution in [3.63, 3.8) is 0 Å². The van der Waals surface area contributed by atoms with Crippen molar-refractivity contribution < 1.29 is 18.7 Å². The molecule has 4 nitrogen and oxygen atoms in total. The molecule has 0 saturated heterocycles. The summed E-state index contributed by atoms with van der Waals surface area (Å²) in [7, 11) is 3.15. The molecule has 2 aromatic rings. The molecular weight excluding hydrogens is 256 g/mol. The summed E-state index contributed by atoms with van der Waals surface area (Å²) in [5.41, 5.74) is 0.717. The summed E-state index contributed by atoms with van der Waals surface area (Å²) in [5.74, 6) is 2.10. The van der Waals surface area contributed by atoms with E-state index in [9.17, 15) is 4.79 Å². The molecular formula is C16H16O4. The van der Waals surface area contributed by atoms with Crippen LogP contribution in [0.25, 0.3) is 6.08 Å². The lowest BCUT2D eigenvalue weighted by Gasteiger charge is -2.09. The van der Waals surface area contributed by atoms with Gasteiger partial charge < -0.3 is 13.9 Å². The maximum atomic E-state index is 12.0. The smallest absolute Gasteiger partial charge is 0.221 e. The molecule has 0 saturated carbocycles. The molecule has 0 fully saturated rings. The van der Waals surface area contributed by atoms with Crippen molar-refractivity contribution in [2.24, 2.45) is 0 Å². The number of furan rings is 1. The third kappa shape index (κ3) is 2.91. The van der Waals surface area contributed by atoms with E-state index in [1.54, 1.807) is 39.4 Å². The van der Waals surface area contributed by atoms with Gasteiger partial charge in [-0.2, -0.15) is 0 Å². The van der Waals surface area contributed by atoms with Crippen LogP contribution in [0.3, 0.4) is 0 Å². The highest BCUT2D eigenvalue weighted by Crippen LogP contribution is 2.29. The monoisotopic (exact) mass is 272 g/mol. The number of hydrogen-bond donors (Lipinski definition) is 0. The van der Waals surface area contributed by atoms with E-state index >= 15 is 0 Å². The van der Waals surface area contributed by atoms with Gasteiger partial charge in [-0.05, 0) is 43.3 Å². The third-order valence-electron chi connectivity index (χ3n) is 2.85. The van der Waals surface area contributed by atoms with Gasteiger partial charge >= 0.3 is 0 Å². The van der Waals surface area contributed by atoms with Crippen LogP contribution in [0.1, 0.15) is 21.9 Å². The average Bonchev–Trinajstić information content (AvgIpc) is 2.90. The molecule has 0 N–H and O–H groups in total. The second-order valence-electron chi connectivity index (χ2n) is 4.18. The van der Waals surface area contributed by atoms with Gasteiger partial charge in [-0.15, -0.1) is 0 Å². The summed E-state index contributed by atoms with van der Waals surface area (Å²) in [4.78, 5) is 12.0. The molecule has 0 atom stereocenters. The molecule has 1 aromatic carbocycles. The van der Waals surface area contributed by atoms with Crippen molar-refractivity contribution in [2.75, 3.05) is 14.2 Å². The minimum Gasteiger partial charge on any atom is -0.496 e. The summed E-state index contributed by atoms with van der Waals surface area (Å²) >= 11 is 0. The Morgan fingerprint density at radius 1 is 1.10 bits per heavy atom. The number of ketones is 1. The van der Waals surface area contributed by atoms with Crippen molar-refractivity contribution in [3.8, 4) is 11.5 Å². The van der Waals surface area contributed by atoms with Crippen LogP contribution in [-0.2, 0) is 0 Å². The van der Waals surface area contributed by atoms with E-state index in [1.165, 1.54) is 6.08 Å². The second-order valence-corrected chi connectivity index (χ2v) is 4.18. The molecule has 1 heterocycles. The number of carbonyl (C=O) groups is 1. The Bertz CT molecular complexity index is 615. The summed E-state index contributed by atoms with van der Waals surface area (Å²) in [6.07, 6.45) is 3.11. The zero-order chi connectivity index (χ0) is 14.5. The van der Waals surface area contributed by atoms with Gasteiger partial charge in [0.25, 0.3) is 0 Å². The highest BCUT2D eigenvalue weighted by Gasteiger charge is 2.09. The van der Waals surface area contributed by atoms with Gasteiger partial charge in [-0.25, -0.2) is 0 Å². The quantitative estimate of drug-likeness (QED) is 0.617. The van der Waals surface area contributed by atoms with E-state index in [0.717, 1.165) is 0 Å². The maximum absolute atomic E-state index is 12.0. The van der Waals surface area contributed by atoms with Crippen molar-refractivity contribution in [1.82, 2.24) is 0 Å². The number of hydrogen-bond acceptors (Lipinski definition) is 4. The zero-order valence-electron chi connectivity index (χ0n) is 11.7. The molecule has 104 valence electrons. The first-order chi connectivity index (χ1) is 9.65. The Kier molecular flexibility index (Phi) is 4.25. The maximum Gasteiger partial charge on any atom is 0.221 e. The minimum atomic E-state index is -0.203. The van der Waals surface area contributed by atoms with Crippen LogP contribution in [0.4, 0.5) is 0 Å². The number of methoxy groups -OCH3 is 2. The fourth-order valence-electron chi connectivity index (χ4n) is 1.85. The molecule has 0 aliphatic heterocycles. The van der Waals surface area contributed by atoms with Crippen LogP contribution >= 0.6 is 0 Å². The van der Waals surface area contributed by atoms with Gasteiger partial charge in [0.2, 0.25) is 5.78 Å². The van der Waals surface area contributed by atoms with E-state index in [-0.39, 0.29) is 5.78 Å². The number of rotatable bonds is 5. The lowest BCUT2D eigenvalue weighted by atomic mass is 10.1. The average molecular weight is 272 g/mol. The predicted octanol–water partition coefficient (Wildman–Crippen LogP) is 3.50. The van der Waals surface area contributed by atoms with Gasteiger partial charge in [0.15, 0.2) is 5.76 Å². The van der Waals surface area contributed by atoms with Crippen LogP contribution in [0.5, 0.6) is 11.5 Å². The summed E-state index contributed by atoms with van der Waals surface area (Å²) in [5, 5.41) is 0. The van der Waals surface area contributed by atoms with E-state index < -0.39 is 0 Å². The molecule has 0 bridgehead atoms. The number of aryl methyl sites for hydroxylation is 1. The topological polar surface area (TPSA) is 48.7 Å². The Morgan fingerprint density at radius 2 is 1.75 bits per heavy atom. The fraction of sp³-hybridized carbons (Fsp3) is 0.188. The van der Waals surface area contributed by atoms with Crippen LogP contribution in [0.2, 0.25) is 0 Å². The van der Waals surface area contributed by atoms with Crippen LogP contribution < -0.4 is 9.47 Å². The summed E-state index contributed by atoms with van der Waals surface area (Å²) < 4.78 is 15.8. The van der Waals surface area contributed by atoms with Crippen LogP contribution in [-0.4, -0.2) is 20.0 Å². The fourth-order valence-corrected chi connectivity index (χ4v) is 1.85. The highest BCUT2D eigenvalue weighted by atomic mass is 16.5. The lowest BCUT2D eigenvalue weighted by molar-refractivity contribution is 0.102. The molecule has 4 heteroatoms. The first-order valence-electron chi connectivity index (χ1n) is 6.15. The molecule has 0 radical (unpaired) electrons. The summed E-state index contributed by atoms with van der Waals surface area (Å²) in [6.45, 7) is 1.80. The van der Waals surface area contributed by atoms with E-state index in [0.29, 0.717) is 28.6 Å². The van der Waals surface area contributed by atoms with Gasteiger partial charge in [0.1, 0.15) is 17.3 Å². The number of allylic oxidation sites excluding steroid dienone is 1. The Balaban J connectivity index is 2.29. The second kappa shape index (κ2) is 6.10. The Labute approximate surface area is 117 Å². The van der Waals surface area contributed by atoms with Crippen molar-refractivity contribution in [1.29, 1.82) is 0 Å². The van der Waals surface area contributed by atoms with Crippen LogP contribution in [0.15, 0.2) is 40.8 Å². The first kappa shape index (κ1) is 13.9. The molecule has 0 aliphatic carbocycles. The van der Waals surface area contributed by atoms with Crippen molar-refractivity contribution in [3.05, 3.63) is 53.5 Å². The Hall–Kier alpha value is -2.49. The molecule has 1 aromatic heterocycles. The van der Waals surface area contributed by atoms with Gasteiger partial charge in [-0.1, -0.05) is 6.07 Å². The third-order valence-corrected chi connectivity index (χ3v) is 2.85. The molecule has 20 heavy (non-hydrogen) atoms. The highest BCUT2D eigenvalue weighted by molar-refractivity contribution is 6.05. The molecule has 0 spiro atoms. The SMILES string of the molecule is COc1cccc(OC)c1/C=C/C(=O)c1ccc(C)o1. The van der Waals surface area contributed by atoms with Crippen molar-refractivity contribution >= 4 is 11.9 Å². The predicted molar refractivity (Wildman–Crippen MR) is 76.4 cm³/mol. The largest absolute Gasteiger partial charge is 0.496 e. The number of ether oxygens (including phenoxy) is 2. The Morgan fingerprint density at radius 3 is 2.25 bits per heavy atom. The minimum absolute atomic E-state index is 0.203. The van der Waals surface area contributed by atoms with Crippen LogP contribution in [0, 0.1) is 6.92 Å². The number of benzene rings is 1. The number of carbonyl (C=O) groups excluding carboxylic acids is 1.